The lowest BCUT2D eigenvalue weighted by Crippen LogP contribution is -2.30. The highest BCUT2D eigenvalue weighted by Gasteiger charge is 2.30. The zero-order valence-corrected chi connectivity index (χ0v) is 61.1. The number of phosphoric ester groups is 2. The van der Waals surface area contributed by atoms with Crippen LogP contribution in [0.15, 0.2) is 48.6 Å². The highest BCUT2D eigenvalue weighted by atomic mass is 31.2. The summed E-state index contributed by atoms with van der Waals surface area (Å²) in [7, 11) is -9.93. The summed E-state index contributed by atoms with van der Waals surface area (Å²) < 4.78 is 68.3. The molecular weight excluding hydrogens is 1220 g/mol. The molecule has 0 bridgehead atoms. The average Bonchev–Trinajstić information content (AvgIpc) is 3.56. The van der Waals surface area contributed by atoms with Crippen LogP contribution in [-0.4, -0.2) is 96.7 Å². The van der Waals surface area contributed by atoms with E-state index in [4.69, 9.17) is 37.0 Å². The maximum atomic E-state index is 13.0. The first-order chi connectivity index (χ1) is 45.0. The smallest absolute Gasteiger partial charge is 0.462 e. The monoisotopic (exact) mass is 1360 g/mol. The van der Waals surface area contributed by atoms with Crippen LogP contribution in [0.4, 0.5) is 0 Å². The number of rotatable bonds is 70. The van der Waals surface area contributed by atoms with Crippen LogP contribution in [0.5, 0.6) is 0 Å². The van der Waals surface area contributed by atoms with E-state index in [9.17, 15) is 43.2 Å². The van der Waals surface area contributed by atoms with E-state index in [2.05, 4.69) is 83.2 Å². The third-order valence-electron chi connectivity index (χ3n) is 16.0. The Bertz CT molecular complexity index is 1980. The Morgan fingerprint density at radius 1 is 0.333 bits per heavy atom. The molecule has 0 spiro atoms. The fourth-order valence-corrected chi connectivity index (χ4v) is 11.8. The van der Waals surface area contributed by atoms with Crippen molar-refractivity contribution in [2.75, 3.05) is 39.6 Å². The molecule has 0 aromatic rings. The number of allylic oxidation sites excluding steroid dienone is 8. The Balaban J connectivity index is 5.31. The molecule has 0 heterocycles. The average molecular weight is 1360 g/mol. The number of aliphatic hydroxyl groups excluding tert-OH is 1. The standard InChI is InChI=1S/C74H136O17P2/c1-6-9-12-15-18-21-23-25-27-29-33-38-43-48-53-58-72(77)85-64-70(91-73(78)59-54-49-44-39-34-30-28-26-24-22-19-16-13-10-7-2)66-89-93(82,83)87-62-68(75)61-86-92(80,81)88-65-69(63-84-71(76)57-52-47-42-36-20-17-14-11-8-3)90-74(79)60-55-50-45-40-35-31-32-37-41-46-51-56-67(4)5/h21-28,67-70,75H,6-20,29-66H2,1-5H3,(H,80,81)(H,82,83)/b23-21-,24-22-,27-25-,28-26-/t68-,69+,70+/m0/s1. The number of ether oxygens (including phenoxy) is 4. The van der Waals surface area contributed by atoms with E-state index in [1.807, 2.05) is 0 Å². The zero-order chi connectivity index (χ0) is 68.4. The van der Waals surface area contributed by atoms with E-state index in [1.54, 1.807) is 0 Å². The van der Waals surface area contributed by atoms with E-state index in [1.165, 1.54) is 128 Å². The molecule has 0 aliphatic carbocycles. The molecule has 3 N–H and O–H groups in total. The zero-order valence-electron chi connectivity index (χ0n) is 59.4. The van der Waals surface area contributed by atoms with E-state index in [0.717, 1.165) is 128 Å². The van der Waals surface area contributed by atoms with E-state index in [-0.39, 0.29) is 25.7 Å². The molecule has 0 radical (unpaired) electrons. The molecule has 5 atom stereocenters. The molecule has 0 fully saturated rings. The van der Waals surface area contributed by atoms with Crippen molar-refractivity contribution in [2.24, 2.45) is 5.92 Å². The molecular formula is C74H136O17P2. The number of esters is 4. The summed E-state index contributed by atoms with van der Waals surface area (Å²) in [4.78, 5) is 72.6. The van der Waals surface area contributed by atoms with E-state index < -0.39 is 97.5 Å². The Labute approximate surface area is 566 Å². The Kier molecular flexibility index (Phi) is 64.1. The van der Waals surface area contributed by atoms with Gasteiger partial charge < -0.3 is 33.8 Å². The van der Waals surface area contributed by atoms with Gasteiger partial charge in [-0.25, -0.2) is 9.13 Å². The quantitative estimate of drug-likeness (QED) is 0.0169. The minimum Gasteiger partial charge on any atom is -0.462 e. The molecule has 0 amide bonds. The second kappa shape index (κ2) is 66.3. The highest BCUT2D eigenvalue weighted by molar-refractivity contribution is 7.47. The molecule has 544 valence electrons. The molecule has 0 saturated heterocycles. The largest absolute Gasteiger partial charge is 0.472 e. The van der Waals surface area contributed by atoms with Gasteiger partial charge in [0.15, 0.2) is 12.2 Å². The SMILES string of the molecule is CCCCCC/C=C\C=C/CCCCCCCC(=O)OC[C@H](COP(=O)(O)OC[C@@H](O)COP(=O)(O)OC[C@@H](COC(=O)CCCCCCCCCCC)OC(=O)CCCCCCCCCCCCCC(C)C)OC(=O)CCCCCCC/C=C\C=C/CCCCCC. The van der Waals surface area contributed by atoms with Crippen LogP contribution in [0, 0.1) is 5.92 Å². The number of hydrogen-bond donors (Lipinski definition) is 3. The van der Waals surface area contributed by atoms with Gasteiger partial charge in [-0.05, 0) is 83.0 Å². The third kappa shape index (κ3) is 67.4. The van der Waals surface area contributed by atoms with Crippen LogP contribution in [-0.2, 0) is 65.4 Å². The van der Waals surface area contributed by atoms with Gasteiger partial charge in [0.2, 0.25) is 0 Å². The Hall–Kier alpha value is -2.98. The molecule has 17 nitrogen and oxygen atoms in total. The van der Waals surface area contributed by atoms with Crippen molar-refractivity contribution in [3.63, 3.8) is 0 Å². The minimum atomic E-state index is -4.97. The van der Waals surface area contributed by atoms with Crippen molar-refractivity contribution in [1.29, 1.82) is 0 Å². The van der Waals surface area contributed by atoms with Crippen LogP contribution in [0.25, 0.3) is 0 Å². The van der Waals surface area contributed by atoms with Gasteiger partial charge in [0.25, 0.3) is 0 Å². The number of carbonyl (C=O) groups excluding carboxylic acids is 4. The maximum Gasteiger partial charge on any atom is 0.472 e. The maximum absolute atomic E-state index is 13.0. The fourth-order valence-electron chi connectivity index (χ4n) is 10.3. The van der Waals surface area contributed by atoms with Crippen LogP contribution >= 0.6 is 15.6 Å². The summed E-state index contributed by atoms with van der Waals surface area (Å²) in [6.07, 6.45) is 59.8. The normalized spacial score (nSPS) is 14.3. The minimum absolute atomic E-state index is 0.0782. The molecule has 19 heteroatoms. The van der Waals surface area contributed by atoms with Gasteiger partial charge >= 0.3 is 39.5 Å². The summed E-state index contributed by atoms with van der Waals surface area (Å²) in [5.74, 6) is -1.42. The molecule has 0 aliphatic heterocycles. The van der Waals surface area contributed by atoms with Crippen molar-refractivity contribution in [3.05, 3.63) is 48.6 Å². The molecule has 93 heavy (non-hydrogen) atoms. The van der Waals surface area contributed by atoms with Gasteiger partial charge in [-0.15, -0.1) is 0 Å². The molecule has 0 rings (SSSR count). The van der Waals surface area contributed by atoms with Crippen LogP contribution in [0.3, 0.4) is 0 Å². The predicted molar refractivity (Wildman–Crippen MR) is 377 cm³/mol. The second-order valence-electron chi connectivity index (χ2n) is 25.8. The summed E-state index contributed by atoms with van der Waals surface area (Å²) >= 11 is 0. The first-order valence-corrected chi connectivity index (χ1v) is 40.3. The van der Waals surface area contributed by atoms with E-state index in [0.29, 0.717) is 25.7 Å². The van der Waals surface area contributed by atoms with Gasteiger partial charge in [0.05, 0.1) is 26.4 Å². The van der Waals surface area contributed by atoms with Crippen LogP contribution in [0.1, 0.15) is 336 Å². The van der Waals surface area contributed by atoms with Gasteiger partial charge in [0, 0.05) is 25.7 Å². The van der Waals surface area contributed by atoms with Gasteiger partial charge in [-0.2, -0.15) is 0 Å². The van der Waals surface area contributed by atoms with Crippen molar-refractivity contribution in [1.82, 2.24) is 0 Å². The van der Waals surface area contributed by atoms with Crippen molar-refractivity contribution in [3.8, 4) is 0 Å². The van der Waals surface area contributed by atoms with Crippen LogP contribution in [0.2, 0.25) is 0 Å². The van der Waals surface area contributed by atoms with Crippen molar-refractivity contribution < 1.29 is 80.2 Å². The summed E-state index contributed by atoms with van der Waals surface area (Å²) in [5.41, 5.74) is 0. The molecule has 0 aromatic carbocycles. The number of unbranched alkanes of at least 4 members (excludes halogenated alkanes) is 36. The number of hydrogen-bond acceptors (Lipinski definition) is 15. The lowest BCUT2D eigenvalue weighted by atomic mass is 10.0. The van der Waals surface area contributed by atoms with Gasteiger partial charge in [-0.1, -0.05) is 282 Å². The third-order valence-corrected chi connectivity index (χ3v) is 17.9. The molecule has 0 saturated carbocycles. The Morgan fingerprint density at radius 2 is 0.581 bits per heavy atom. The summed E-state index contributed by atoms with van der Waals surface area (Å²) in [5, 5.41) is 10.6. The second-order valence-corrected chi connectivity index (χ2v) is 28.7. The van der Waals surface area contributed by atoms with Crippen LogP contribution < -0.4 is 0 Å². The molecule has 0 aromatic heterocycles. The topological polar surface area (TPSA) is 237 Å². The van der Waals surface area contributed by atoms with Gasteiger partial charge in [-0.3, -0.25) is 37.3 Å². The molecule has 0 aliphatic rings. The lowest BCUT2D eigenvalue weighted by Gasteiger charge is -2.21. The Morgan fingerprint density at radius 3 is 0.882 bits per heavy atom. The fraction of sp³-hybridized carbons (Fsp3) is 0.838. The van der Waals surface area contributed by atoms with Crippen molar-refractivity contribution in [2.45, 2.75) is 355 Å². The predicted octanol–water partition coefficient (Wildman–Crippen LogP) is 20.8. The number of phosphoric acid groups is 2. The summed E-state index contributed by atoms with van der Waals surface area (Å²) in [6, 6.07) is 0. The number of aliphatic hydroxyl groups is 1. The van der Waals surface area contributed by atoms with E-state index >= 15 is 0 Å². The first-order valence-electron chi connectivity index (χ1n) is 37.3. The summed E-state index contributed by atoms with van der Waals surface area (Å²) in [6.45, 7) is 7.12. The molecule has 2 unspecified atom stereocenters. The first kappa shape index (κ1) is 90.0. The number of carbonyl (C=O) groups is 4. The van der Waals surface area contributed by atoms with Crippen molar-refractivity contribution >= 4 is 39.5 Å². The highest BCUT2D eigenvalue weighted by Crippen LogP contribution is 2.45. The lowest BCUT2D eigenvalue weighted by molar-refractivity contribution is -0.161. The van der Waals surface area contributed by atoms with Gasteiger partial charge in [0.1, 0.15) is 19.3 Å².